The van der Waals surface area contributed by atoms with Gasteiger partial charge >= 0.3 is 0 Å². The summed E-state index contributed by atoms with van der Waals surface area (Å²) in [6.45, 7) is 1.85. The van der Waals surface area contributed by atoms with Gasteiger partial charge in [-0.3, -0.25) is 0 Å². The molecule has 0 aliphatic rings. The zero-order valence-electron chi connectivity index (χ0n) is 7.99. The van der Waals surface area contributed by atoms with E-state index in [-0.39, 0.29) is 12.5 Å². The van der Waals surface area contributed by atoms with E-state index in [0.29, 0.717) is 5.56 Å². The van der Waals surface area contributed by atoms with Crippen molar-refractivity contribution in [2.24, 2.45) is 5.73 Å². The minimum Gasteiger partial charge on any atom is -0.323 e. The fourth-order valence-electron chi connectivity index (χ4n) is 1.38. The Bertz CT molecular complexity index is 410. The van der Waals surface area contributed by atoms with Gasteiger partial charge in [0.05, 0.1) is 24.1 Å². The van der Waals surface area contributed by atoms with Gasteiger partial charge in [0.25, 0.3) is 0 Å². The van der Waals surface area contributed by atoms with E-state index in [4.69, 9.17) is 16.3 Å². The van der Waals surface area contributed by atoms with Crippen molar-refractivity contribution >= 4 is 0 Å². The van der Waals surface area contributed by atoms with Crippen LogP contribution in [0.15, 0.2) is 18.2 Å². The van der Waals surface area contributed by atoms with Crippen LogP contribution in [-0.4, -0.2) is 0 Å². The quantitative estimate of drug-likeness (QED) is 0.763. The molecule has 0 spiro atoms. The van der Waals surface area contributed by atoms with Gasteiger partial charge in [0.15, 0.2) is 0 Å². The number of hydrogen-bond acceptors (Lipinski definition) is 3. The highest BCUT2D eigenvalue weighted by atomic mass is 14.6. The minimum absolute atomic E-state index is 0.274. The maximum Gasteiger partial charge on any atom is 0.0994 e. The Morgan fingerprint density at radius 2 is 2.14 bits per heavy atom. The second kappa shape index (κ2) is 4.41. The normalized spacial score (nSPS) is 11.4. The van der Waals surface area contributed by atoms with E-state index >= 15 is 0 Å². The fourth-order valence-corrected chi connectivity index (χ4v) is 1.38. The van der Waals surface area contributed by atoms with E-state index in [9.17, 15) is 0 Å². The van der Waals surface area contributed by atoms with Gasteiger partial charge in [-0.2, -0.15) is 10.5 Å². The van der Waals surface area contributed by atoms with Crippen molar-refractivity contribution in [1.29, 1.82) is 10.5 Å². The van der Waals surface area contributed by atoms with Gasteiger partial charge in [-0.05, 0) is 24.1 Å². The Morgan fingerprint density at radius 3 is 2.71 bits per heavy atom. The van der Waals surface area contributed by atoms with Crippen LogP contribution in [0.2, 0.25) is 0 Å². The van der Waals surface area contributed by atoms with Crippen LogP contribution in [0.5, 0.6) is 0 Å². The van der Waals surface area contributed by atoms with E-state index in [0.717, 1.165) is 11.1 Å². The Kier molecular flexibility index (Phi) is 3.23. The highest BCUT2D eigenvalue weighted by Crippen LogP contribution is 2.20. The lowest BCUT2D eigenvalue weighted by molar-refractivity contribution is 0.742. The van der Waals surface area contributed by atoms with Crippen LogP contribution in [0.25, 0.3) is 0 Å². The van der Waals surface area contributed by atoms with E-state index in [2.05, 4.69) is 6.07 Å². The summed E-state index contributed by atoms with van der Waals surface area (Å²) in [5.74, 6) is 0. The first-order chi connectivity index (χ1) is 6.70. The van der Waals surface area contributed by atoms with Crippen LogP contribution < -0.4 is 5.73 Å². The molecule has 3 nitrogen and oxygen atoms in total. The van der Waals surface area contributed by atoms with Gasteiger partial charge in [0.2, 0.25) is 0 Å². The molecule has 0 amide bonds. The monoisotopic (exact) mass is 185 g/mol. The summed E-state index contributed by atoms with van der Waals surface area (Å²) >= 11 is 0. The topological polar surface area (TPSA) is 73.6 Å². The molecule has 0 unspecified atom stereocenters. The van der Waals surface area contributed by atoms with E-state index in [1.54, 1.807) is 12.1 Å². The van der Waals surface area contributed by atoms with Crippen molar-refractivity contribution in [3.63, 3.8) is 0 Å². The number of nitrogens with zero attached hydrogens (tertiary/aromatic N) is 2. The van der Waals surface area contributed by atoms with Gasteiger partial charge in [-0.25, -0.2) is 0 Å². The lowest BCUT2D eigenvalue weighted by atomic mass is 9.96. The summed E-state index contributed by atoms with van der Waals surface area (Å²) in [5, 5.41) is 17.3. The molecule has 3 heteroatoms. The zero-order chi connectivity index (χ0) is 10.6. The molecule has 14 heavy (non-hydrogen) atoms. The predicted octanol–water partition coefficient (Wildman–Crippen LogP) is 1.78. The second-order valence-corrected chi connectivity index (χ2v) is 3.10. The third-order valence-corrected chi connectivity index (χ3v) is 2.21. The minimum atomic E-state index is -0.298. The zero-order valence-corrected chi connectivity index (χ0v) is 7.99. The van der Waals surface area contributed by atoms with Crippen LogP contribution in [-0.2, 0) is 0 Å². The summed E-state index contributed by atoms with van der Waals surface area (Å²) in [7, 11) is 0. The number of rotatable bonds is 2. The smallest absolute Gasteiger partial charge is 0.0994 e. The molecular weight excluding hydrogens is 174 g/mol. The number of hydrogen-bond donors (Lipinski definition) is 1. The van der Waals surface area contributed by atoms with Crippen molar-refractivity contribution in [3.05, 3.63) is 34.9 Å². The van der Waals surface area contributed by atoms with Crippen LogP contribution in [0.4, 0.5) is 0 Å². The maximum absolute atomic E-state index is 8.80. The van der Waals surface area contributed by atoms with Crippen molar-refractivity contribution in [3.8, 4) is 12.1 Å². The standard InChI is InChI=1S/C11H11N3/c1-8-9(7-13)3-2-4-10(8)11(14)5-6-12/h2-4,11H,5,14H2,1H3/t11-/m0/s1. The van der Waals surface area contributed by atoms with Crippen molar-refractivity contribution in [2.45, 2.75) is 19.4 Å². The van der Waals surface area contributed by atoms with Crippen molar-refractivity contribution < 1.29 is 0 Å². The Morgan fingerprint density at radius 1 is 1.43 bits per heavy atom. The summed E-state index contributed by atoms with van der Waals surface area (Å²) in [6, 6.07) is 9.22. The van der Waals surface area contributed by atoms with Gasteiger partial charge in [0, 0.05) is 6.04 Å². The summed E-state index contributed by atoms with van der Waals surface area (Å²) in [6.07, 6.45) is 0.274. The average Bonchev–Trinajstić information content (AvgIpc) is 2.18. The SMILES string of the molecule is Cc1c(C#N)cccc1[C@@H](N)CC#N. The first kappa shape index (κ1) is 10.2. The molecule has 0 fully saturated rings. The van der Waals surface area contributed by atoms with Gasteiger partial charge in [-0.1, -0.05) is 12.1 Å². The molecule has 70 valence electrons. The van der Waals surface area contributed by atoms with Gasteiger partial charge in [-0.15, -0.1) is 0 Å². The second-order valence-electron chi connectivity index (χ2n) is 3.10. The number of benzene rings is 1. The molecule has 1 aromatic rings. The highest BCUT2D eigenvalue weighted by Gasteiger charge is 2.10. The van der Waals surface area contributed by atoms with Crippen LogP contribution >= 0.6 is 0 Å². The Balaban J connectivity index is 3.12. The van der Waals surface area contributed by atoms with Crippen molar-refractivity contribution in [2.75, 3.05) is 0 Å². The molecule has 0 aliphatic carbocycles. The predicted molar refractivity (Wildman–Crippen MR) is 53.1 cm³/mol. The molecule has 1 rings (SSSR count). The molecule has 0 bridgehead atoms. The van der Waals surface area contributed by atoms with Crippen LogP contribution in [0, 0.1) is 29.6 Å². The number of nitriles is 2. The molecule has 0 aromatic heterocycles. The summed E-state index contributed by atoms with van der Waals surface area (Å²) in [4.78, 5) is 0. The fraction of sp³-hybridized carbons (Fsp3) is 0.273. The summed E-state index contributed by atoms with van der Waals surface area (Å²) in [5.41, 5.74) is 8.17. The lowest BCUT2D eigenvalue weighted by Gasteiger charge is -2.11. The average molecular weight is 185 g/mol. The molecule has 0 radical (unpaired) electrons. The van der Waals surface area contributed by atoms with Crippen LogP contribution in [0.3, 0.4) is 0 Å². The molecule has 0 heterocycles. The molecule has 1 atom stereocenters. The van der Waals surface area contributed by atoms with E-state index in [1.807, 2.05) is 19.1 Å². The maximum atomic E-state index is 8.80. The first-order valence-electron chi connectivity index (χ1n) is 4.33. The van der Waals surface area contributed by atoms with E-state index in [1.165, 1.54) is 0 Å². The molecule has 2 N–H and O–H groups in total. The highest BCUT2D eigenvalue weighted by molar-refractivity contribution is 5.43. The summed E-state index contributed by atoms with van der Waals surface area (Å²) < 4.78 is 0. The molecular formula is C11H11N3. The van der Waals surface area contributed by atoms with Crippen molar-refractivity contribution in [1.82, 2.24) is 0 Å². The molecule has 1 aromatic carbocycles. The third kappa shape index (κ3) is 1.90. The molecule has 0 saturated heterocycles. The Hall–Kier alpha value is -1.84. The van der Waals surface area contributed by atoms with E-state index < -0.39 is 0 Å². The third-order valence-electron chi connectivity index (χ3n) is 2.21. The molecule has 0 saturated carbocycles. The van der Waals surface area contributed by atoms with Gasteiger partial charge in [0.1, 0.15) is 0 Å². The Labute approximate surface area is 83.4 Å². The molecule has 0 aliphatic heterocycles. The van der Waals surface area contributed by atoms with Gasteiger partial charge < -0.3 is 5.73 Å². The lowest BCUT2D eigenvalue weighted by Crippen LogP contribution is -2.11. The first-order valence-corrected chi connectivity index (χ1v) is 4.33. The largest absolute Gasteiger partial charge is 0.323 e. The number of nitrogens with two attached hydrogens (primary N) is 1. The van der Waals surface area contributed by atoms with Crippen LogP contribution in [0.1, 0.15) is 29.2 Å².